The summed E-state index contributed by atoms with van der Waals surface area (Å²) in [6.07, 6.45) is 1.63. The normalized spacial score (nSPS) is 10.1. The van der Waals surface area contributed by atoms with E-state index in [0.717, 1.165) is 11.3 Å². The maximum atomic E-state index is 12.0. The molecule has 1 heterocycles. The molecule has 1 aromatic carbocycles. The lowest BCUT2D eigenvalue weighted by atomic mass is 10.1. The fourth-order valence-corrected chi connectivity index (χ4v) is 1.65. The van der Waals surface area contributed by atoms with Crippen LogP contribution in [0, 0.1) is 13.8 Å². The standard InChI is InChI=1S/C14H14N2O2/c1-9-3-4-13(17)12(7-9)14(18)16-11-5-6-15-10(2)8-11/h3-8,17H,1-2H3,(H,15,16,18). The summed E-state index contributed by atoms with van der Waals surface area (Å²) in [7, 11) is 0. The van der Waals surface area contributed by atoms with Gasteiger partial charge in [0.05, 0.1) is 5.56 Å². The molecule has 0 saturated heterocycles. The Kier molecular flexibility index (Phi) is 3.28. The number of aromatic hydroxyl groups is 1. The SMILES string of the molecule is Cc1ccc(O)c(C(=O)Nc2ccnc(C)c2)c1. The Morgan fingerprint density at radius 2 is 2.00 bits per heavy atom. The summed E-state index contributed by atoms with van der Waals surface area (Å²) in [6, 6.07) is 8.39. The smallest absolute Gasteiger partial charge is 0.259 e. The zero-order chi connectivity index (χ0) is 13.1. The number of phenolic OH excluding ortho intramolecular Hbond substituents is 1. The highest BCUT2D eigenvalue weighted by Gasteiger charge is 2.11. The zero-order valence-corrected chi connectivity index (χ0v) is 10.3. The van der Waals surface area contributed by atoms with E-state index < -0.39 is 0 Å². The Labute approximate surface area is 105 Å². The maximum absolute atomic E-state index is 12.0. The molecule has 0 aliphatic rings. The number of anilines is 1. The monoisotopic (exact) mass is 242 g/mol. The molecule has 2 aromatic rings. The van der Waals surface area contributed by atoms with Crippen molar-refractivity contribution in [3.8, 4) is 5.75 Å². The van der Waals surface area contributed by atoms with Gasteiger partial charge >= 0.3 is 0 Å². The van der Waals surface area contributed by atoms with Gasteiger partial charge < -0.3 is 10.4 Å². The summed E-state index contributed by atoms with van der Waals surface area (Å²) in [4.78, 5) is 16.1. The summed E-state index contributed by atoms with van der Waals surface area (Å²) in [5.74, 6) is -0.356. The minimum Gasteiger partial charge on any atom is -0.507 e. The average molecular weight is 242 g/mol. The summed E-state index contributed by atoms with van der Waals surface area (Å²) >= 11 is 0. The van der Waals surface area contributed by atoms with Crippen molar-refractivity contribution in [1.29, 1.82) is 0 Å². The molecular weight excluding hydrogens is 228 g/mol. The van der Waals surface area contributed by atoms with E-state index in [-0.39, 0.29) is 17.2 Å². The number of pyridine rings is 1. The van der Waals surface area contributed by atoms with E-state index >= 15 is 0 Å². The van der Waals surface area contributed by atoms with Crippen LogP contribution in [0.4, 0.5) is 5.69 Å². The minimum atomic E-state index is -0.332. The molecule has 0 unspecified atom stereocenters. The lowest BCUT2D eigenvalue weighted by molar-refractivity contribution is 0.102. The predicted molar refractivity (Wildman–Crippen MR) is 69.8 cm³/mol. The predicted octanol–water partition coefficient (Wildman–Crippen LogP) is 2.66. The van der Waals surface area contributed by atoms with Crippen molar-refractivity contribution in [2.75, 3.05) is 5.32 Å². The van der Waals surface area contributed by atoms with Crippen LogP contribution in [0.3, 0.4) is 0 Å². The fourth-order valence-electron chi connectivity index (χ4n) is 1.65. The van der Waals surface area contributed by atoms with Crippen LogP contribution in [0.5, 0.6) is 5.75 Å². The first-order valence-electron chi connectivity index (χ1n) is 5.60. The molecule has 1 aromatic heterocycles. The van der Waals surface area contributed by atoms with Crippen LogP contribution in [-0.2, 0) is 0 Å². The number of amides is 1. The van der Waals surface area contributed by atoms with Crippen LogP contribution in [-0.4, -0.2) is 16.0 Å². The number of aryl methyl sites for hydroxylation is 2. The first-order chi connectivity index (χ1) is 8.56. The van der Waals surface area contributed by atoms with Crippen LogP contribution in [0.15, 0.2) is 36.5 Å². The molecule has 18 heavy (non-hydrogen) atoms. The van der Waals surface area contributed by atoms with Gasteiger partial charge in [0.15, 0.2) is 0 Å². The van der Waals surface area contributed by atoms with Gasteiger partial charge in [-0.15, -0.1) is 0 Å². The molecule has 0 aliphatic heterocycles. The molecule has 0 aliphatic carbocycles. The second-order valence-corrected chi connectivity index (χ2v) is 4.16. The number of rotatable bonds is 2. The maximum Gasteiger partial charge on any atom is 0.259 e. The van der Waals surface area contributed by atoms with E-state index in [4.69, 9.17) is 0 Å². The largest absolute Gasteiger partial charge is 0.507 e. The molecule has 0 bridgehead atoms. The first kappa shape index (κ1) is 12.1. The van der Waals surface area contributed by atoms with Crippen molar-refractivity contribution in [3.63, 3.8) is 0 Å². The molecule has 4 heteroatoms. The Hall–Kier alpha value is -2.36. The second-order valence-electron chi connectivity index (χ2n) is 4.16. The average Bonchev–Trinajstić information content (AvgIpc) is 2.32. The molecular formula is C14H14N2O2. The highest BCUT2D eigenvalue weighted by molar-refractivity contribution is 6.06. The van der Waals surface area contributed by atoms with Crippen LogP contribution in [0.25, 0.3) is 0 Å². The van der Waals surface area contributed by atoms with Gasteiger partial charge in [-0.1, -0.05) is 11.6 Å². The van der Waals surface area contributed by atoms with E-state index in [1.165, 1.54) is 6.07 Å². The summed E-state index contributed by atoms with van der Waals surface area (Å²) < 4.78 is 0. The zero-order valence-electron chi connectivity index (χ0n) is 10.3. The summed E-state index contributed by atoms with van der Waals surface area (Å²) in [5.41, 5.74) is 2.67. The topological polar surface area (TPSA) is 62.2 Å². The molecule has 1 amide bonds. The molecule has 0 radical (unpaired) electrons. The number of benzene rings is 1. The van der Waals surface area contributed by atoms with Crippen molar-refractivity contribution >= 4 is 11.6 Å². The van der Waals surface area contributed by atoms with Gasteiger partial charge in [-0.05, 0) is 38.1 Å². The quantitative estimate of drug-likeness (QED) is 0.851. The van der Waals surface area contributed by atoms with E-state index in [9.17, 15) is 9.90 Å². The minimum absolute atomic E-state index is 0.0242. The molecule has 2 N–H and O–H groups in total. The van der Waals surface area contributed by atoms with Gasteiger partial charge in [0.1, 0.15) is 5.75 Å². The molecule has 0 fully saturated rings. The van der Waals surface area contributed by atoms with E-state index in [1.807, 2.05) is 13.8 Å². The Bertz CT molecular complexity index is 594. The summed E-state index contributed by atoms with van der Waals surface area (Å²) in [6.45, 7) is 3.71. The van der Waals surface area contributed by atoms with Gasteiger partial charge in [0.2, 0.25) is 0 Å². The van der Waals surface area contributed by atoms with E-state index in [2.05, 4.69) is 10.3 Å². The number of hydrogen-bond donors (Lipinski definition) is 2. The first-order valence-corrected chi connectivity index (χ1v) is 5.60. The highest BCUT2D eigenvalue weighted by atomic mass is 16.3. The molecule has 2 rings (SSSR count). The Balaban J connectivity index is 2.24. The summed E-state index contributed by atoms with van der Waals surface area (Å²) in [5, 5.41) is 12.4. The van der Waals surface area contributed by atoms with Gasteiger partial charge in [0.25, 0.3) is 5.91 Å². The van der Waals surface area contributed by atoms with Gasteiger partial charge in [0, 0.05) is 17.6 Å². The van der Waals surface area contributed by atoms with Crippen molar-refractivity contribution in [3.05, 3.63) is 53.3 Å². The van der Waals surface area contributed by atoms with Gasteiger partial charge in [-0.3, -0.25) is 9.78 Å². The molecule has 4 nitrogen and oxygen atoms in total. The molecule has 0 spiro atoms. The van der Waals surface area contributed by atoms with Crippen molar-refractivity contribution in [2.45, 2.75) is 13.8 Å². The third-order valence-electron chi connectivity index (χ3n) is 2.55. The molecule has 0 saturated carbocycles. The number of hydrogen-bond acceptors (Lipinski definition) is 3. The number of aromatic nitrogens is 1. The molecule has 0 atom stereocenters. The number of nitrogens with zero attached hydrogens (tertiary/aromatic N) is 1. The Morgan fingerprint density at radius 1 is 1.22 bits per heavy atom. The number of carbonyl (C=O) groups excluding carboxylic acids is 1. The van der Waals surface area contributed by atoms with Crippen LogP contribution in [0.1, 0.15) is 21.6 Å². The Morgan fingerprint density at radius 3 is 2.72 bits per heavy atom. The third-order valence-corrected chi connectivity index (χ3v) is 2.55. The number of phenols is 1. The van der Waals surface area contributed by atoms with Crippen LogP contribution < -0.4 is 5.32 Å². The number of nitrogens with one attached hydrogen (secondary N) is 1. The van der Waals surface area contributed by atoms with E-state index in [0.29, 0.717) is 5.69 Å². The van der Waals surface area contributed by atoms with Crippen LogP contribution in [0.2, 0.25) is 0 Å². The van der Waals surface area contributed by atoms with Gasteiger partial charge in [-0.25, -0.2) is 0 Å². The van der Waals surface area contributed by atoms with Crippen molar-refractivity contribution in [1.82, 2.24) is 4.98 Å². The lowest BCUT2D eigenvalue weighted by Gasteiger charge is -2.07. The van der Waals surface area contributed by atoms with Gasteiger partial charge in [-0.2, -0.15) is 0 Å². The van der Waals surface area contributed by atoms with Crippen molar-refractivity contribution < 1.29 is 9.90 Å². The van der Waals surface area contributed by atoms with E-state index in [1.54, 1.807) is 30.5 Å². The van der Waals surface area contributed by atoms with Crippen molar-refractivity contribution in [2.24, 2.45) is 0 Å². The second kappa shape index (κ2) is 4.87. The van der Waals surface area contributed by atoms with Crippen LogP contribution >= 0.6 is 0 Å². The number of carbonyl (C=O) groups is 1. The lowest BCUT2D eigenvalue weighted by Crippen LogP contribution is -2.12. The third kappa shape index (κ3) is 2.66. The fraction of sp³-hybridized carbons (Fsp3) is 0.143. The highest BCUT2D eigenvalue weighted by Crippen LogP contribution is 2.19. The molecule has 92 valence electrons.